The van der Waals surface area contributed by atoms with E-state index in [0.29, 0.717) is 19.5 Å². The van der Waals surface area contributed by atoms with Crippen LogP contribution in [0.25, 0.3) is 0 Å². The molecule has 0 saturated carbocycles. The Morgan fingerprint density at radius 1 is 1.20 bits per heavy atom. The zero-order valence-corrected chi connectivity index (χ0v) is 12.4. The Morgan fingerprint density at radius 2 is 1.90 bits per heavy atom. The van der Waals surface area contributed by atoms with Crippen molar-refractivity contribution in [1.82, 2.24) is 4.90 Å². The van der Waals surface area contributed by atoms with Crippen LogP contribution in [-0.4, -0.2) is 37.3 Å². The summed E-state index contributed by atoms with van der Waals surface area (Å²) in [4.78, 5) is 13.7. The van der Waals surface area contributed by atoms with Crippen LogP contribution in [0.2, 0.25) is 0 Å². The predicted molar refractivity (Wildman–Crippen MR) is 78.9 cm³/mol. The van der Waals surface area contributed by atoms with Gasteiger partial charge in [0, 0.05) is 19.5 Å². The number of rotatable bonds is 5. The summed E-state index contributed by atoms with van der Waals surface area (Å²) in [6.45, 7) is 2.74. The largest absolute Gasteiger partial charge is 0.334 e. The molecule has 1 amide bonds. The second-order valence-electron chi connectivity index (χ2n) is 5.01. The molecule has 0 radical (unpaired) electrons. The van der Waals surface area contributed by atoms with E-state index in [1.807, 2.05) is 37.3 Å². The van der Waals surface area contributed by atoms with Gasteiger partial charge in [-0.2, -0.15) is 0 Å². The van der Waals surface area contributed by atoms with Gasteiger partial charge in [-0.25, -0.2) is 8.42 Å². The summed E-state index contributed by atoms with van der Waals surface area (Å²) >= 11 is 0. The molecule has 1 aromatic rings. The Balaban J connectivity index is 2.07. The number of carbonyl (C=O) groups excluding carboxylic acids is 1. The highest BCUT2D eigenvalue weighted by molar-refractivity contribution is 7.92. The van der Waals surface area contributed by atoms with Crippen molar-refractivity contribution < 1.29 is 13.2 Å². The molecule has 0 atom stereocenters. The summed E-state index contributed by atoms with van der Waals surface area (Å²) in [5.74, 6) is 0.218. The molecule has 1 aliphatic heterocycles. The quantitative estimate of drug-likeness (QED) is 0.778. The van der Waals surface area contributed by atoms with Crippen LogP contribution < -0.4 is 0 Å². The van der Waals surface area contributed by atoms with Gasteiger partial charge in [0.2, 0.25) is 5.91 Å². The van der Waals surface area contributed by atoms with E-state index in [-0.39, 0.29) is 17.4 Å². The number of carbonyl (C=O) groups is 1. The van der Waals surface area contributed by atoms with E-state index in [2.05, 4.69) is 0 Å². The van der Waals surface area contributed by atoms with Gasteiger partial charge in [-0.1, -0.05) is 43.3 Å². The van der Waals surface area contributed by atoms with Gasteiger partial charge in [-0.15, -0.1) is 0 Å². The minimum absolute atomic E-state index is 0.0408. The normalized spacial score (nSPS) is 16.8. The minimum Gasteiger partial charge on any atom is -0.334 e. The summed E-state index contributed by atoms with van der Waals surface area (Å²) in [5, 5.41) is 0. The van der Waals surface area contributed by atoms with E-state index in [1.54, 1.807) is 11.0 Å². The van der Waals surface area contributed by atoms with Crippen LogP contribution in [-0.2, 0) is 21.2 Å². The van der Waals surface area contributed by atoms with Crippen LogP contribution in [0.1, 0.15) is 18.9 Å². The maximum atomic E-state index is 12.0. The number of benzene rings is 1. The maximum absolute atomic E-state index is 12.0. The Labute approximate surface area is 120 Å². The van der Waals surface area contributed by atoms with Gasteiger partial charge in [0.1, 0.15) is 0 Å². The van der Waals surface area contributed by atoms with Crippen molar-refractivity contribution in [3.8, 4) is 0 Å². The van der Waals surface area contributed by atoms with Crippen LogP contribution in [0.3, 0.4) is 0 Å². The molecule has 0 fully saturated rings. The molecule has 0 saturated heterocycles. The van der Waals surface area contributed by atoms with Crippen LogP contribution >= 0.6 is 0 Å². The fraction of sp³-hybridized carbons (Fsp3) is 0.400. The molecule has 4 nitrogen and oxygen atoms in total. The van der Waals surface area contributed by atoms with Gasteiger partial charge in [0.05, 0.1) is 11.5 Å². The van der Waals surface area contributed by atoms with Crippen LogP contribution in [0.5, 0.6) is 0 Å². The van der Waals surface area contributed by atoms with Crippen molar-refractivity contribution >= 4 is 15.7 Å². The van der Waals surface area contributed by atoms with E-state index in [1.165, 1.54) is 0 Å². The van der Waals surface area contributed by atoms with E-state index in [9.17, 15) is 13.2 Å². The number of sulfone groups is 1. The third kappa shape index (κ3) is 3.93. The number of nitrogens with zero attached hydrogens (tertiary/aromatic N) is 1. The molecule has 0 unspecified atom stereocenters. The highest BCUT2D eigenvalue weighted by atomic mass is 32.2. The van der Waals surface area contributed by atoms with Crippen LogP contribution in [0.4, 0.5) is 0 Å². The van der Waals surface area contributed by atoms with Gasteiger partial charge in [0.15, 0.2) is 9.84 Å². The van der Waals surface area contributed by atoms with Crippen molar-refractivity contribution in [3.05, 3.63) is 47.5 Å². The van der Waals surface area contributed by atoms with E-state index in [0.717, 1.165) is 11.1 Å². The lowest BCUT2D eigenvalue weighted by molar-refractivity contribution is -0.131. The fourth-order valence-corrected chi connectivity index (χ4v) is 3.64. The Bertz CT molecular complexity index is 605. The first-order valence-corrected chi connectivity index (χ1v) is 8.52. The van der Waals surface area contributed by atoms with E-state index < -0.39 is 9.84 Å². The average molecular weight is 293 g/mol. The van der Waals surface area contributed by atoms with Crippen molar-refractivity contribution in [2.75, 3.05) is 18.1 Å². The molecule has 0 aromatic heterocycles. The van der Waals surface area contributed by atoms with Crippen molar-refractivity contribution in [3.63, 3.8) is 0 Å². The molecule has 20 heavy (non-hydrogen) atoms. The first-order valence-electron chi connectivity index (χ1n) is 6.70. The summed E-state index contributed by atoms with van der Waals surface area (Å²) in [7, 11) is -2.98. The average Bonchev–Trinajstić information content (AvgIpc) is 2.77. The van der Waals surface area contributed by atoms with Gasteiger partial charge < -0.3 is 4.90 Å². The second-order valence-corrected chi connectivity index (χ2v) is 7.12. The third-order valence-corrected chi connectivity index (χ3v) is 4.78. The molecule has 0 aliphatic carbocycles. The number of hydrogen-bond donors (Lipinski definition) is 0. The molecule has 1 aromatic carbocycles. The Kier molecular flexibility index (Phi) is 4.60. The highest BCUT2D eigenvalue weighted by Gasteiger charge is 2.23. The van der Waals surface area contributed by atoms with Crippen LogP contribution in [0.15, 0.2) is 42.0 Å². The molecule has 0 bridgehead atoms. The van der Waals surface area contributed by atoms with Crippen molar-refractivity contribution in [2.24, 2.45) is 0 Å². The fourth-order valence-electron chi connectivity index (χ4n) is 2.26. The first kappa shape index (κ1) is 14.8. The topological polar surface area (TPSA) is 54.5 Å². The molecule has 0 N–H and O–H groups in total. The van der Waals surface area contributed by atoms with Crippen molar-refractivity contribution in [1.29, 1.82) is 0 Å². The molecule has 108 valence electrons. The molecular weight excluding hydrogens is 274 g/mol. The van der Waals surface area contributed by atoms with Crippen LogP contribution in [0, 0.1) is 0 Å². The monoisotopic (exact) mass is 293 g/mol. The lowest BCUT2D eigenvalue weighted by Crippen LogP contribution is -2.32. The number of amides is 1. The standard InChI is InChI=1S/C15H19NO3S/c1-2-15(17)16(10-13-6-4-3-5-7-13)11-14-8-9-20(18,19)12-14/h3-8H,2,9-12H2,1H3. The Hall–Kier alpha value is -1.62. The predicted octanol–water partition coefficient (Wildman–Crippen LogP) is 1.78. The lowest BCUT2D eigenvalue weighted by atomic mass is 10.2. The number of hydrogen-bond acceptors (Lipinski definition) is 3. The first-order chi connectivity index (χ1) is 9.50. The minimum atomic E-state index is -2.98. The molecule has 1 heterocycles. The summed E-state index contributed by atoms with van der Waals surface area (Å²) in [6.07, 6.45) is 2.16. The molecular formula is C15H19NO3S. The molecule has 1 aliphatic rings. The Morgan fingerprint density at radius 3 is 2.45 bits per heavy atom. The summed E-state index contributed by atoms with van der Waals surface area (Å²) < 4.78 is 22.9. The van der Waals surface area contributed by atoms with Gasteiger partial charge in [0.25, 0.3) is 0 Å². The van der Waals surface area contributed by atoms with E-state index >= 15 is 0 Å². The van der Waals surface area contributed by atoms with Gasteiger partial charge in [-0.3, -0.25) is 4.79 Å². The van der Waals surface area contributed by atoms with Crippen molar-refractivity contribution in [2.45, 2.75) is 19.9 Å². The van der Waals surface area contributed by atoms with E-state index in [4.69, 9.17) is 0 Å². The zero-order chi connectivity index (χ0) is 14.6. The zero-order valence-electron chi connectivity index (χ0n) is 11.6. The summed E-state index contributed by atoms with van der Waals surface area (Å²) in [6, 6.07) is 9.74. The van der Waals surface area contributed by atoms with Gasteiger partial charge >= 0.3 is 0 Å². The second kappa shape index (κ2) is 6.22. The summed E-state index contributed by atoms with van der Waals surface area (Å²) in [5.41, 5.74) is 1.87. The smallest absolute Gasteiger partial charge is 0.222 e. The maximum Gasteiger partial charge on any atom is 0.222 e. The SMILES string of the molecule is CCC(=O)N(CC1=CCS(=O)(=O)C1)Cc1ccccc1. The molecule has 2 rings (SSSR count). The molecule has 5 heteroatoms. The third-order valence-electron chi connectivity index (χ3n) is 3.30. The molecule has 0 spiro atoms. The highest BCUT2D eigenvalue weighted by Crippen LogP contribution is 2.15. The lowest BCUT2D eigenvalue weighted by Gasteiger charge is -2.23. The van der Waals surface area contributed by atoms with Gasteiger partial charge in [-0.05, 0) is 11.1 Å².